The normalized spacial score (nSPS) is 15.0. The van der Waals surface area contributed by atoms with Crippen LogP contribution in [0.5, 0.6) is 11.5 Å². The lowest BCUT2D eigenvalue weighted by molar-refractivity contribution is 0.0574. The van der Waals surface area contributed by atoms with Crippen LogP contribution < -0.4 is 15.2 Å². The Balaban J connectivity index is 2.43. The van der Waals surface area contributed by atoms with Crippen LogP contribution in [-0.4, -0.2) is 12.8 Å². The fraction of sp³-hybridized carbons (Fsp3) is 0.400. The van der Waals surface area contributed by atoms with Crippen LogP contribution >= 0.6 is 0 Å². The molecule has 3 heteroatoms. The summed E-state index contributed by atoms with van der Waals surface area (Å²) in [6, 6.07) is 4.05. The van der Waals surface area contributed by atoms with Crippen LogP contribution in [0.25, 0.3) is 0 Å². The van der Waals surface area contributed by atoms with Gasteiger partial charge in [-0.05, 0) is 25.0 Å². The highest BCUT2D eigenvalue weighted by Gasteiger charge is 2.25. The third kappa shape index (κ3) is 1.25. The second-order valence-corrected chi connectivity index (χ2v) is 3.26. The van der Waals surface area contributed by atoms with Gasteiger partial charge in [-0.2, -0.15) is 0 Å². The summed E-state index contributed by atoms with van der Waals surface area (Å²) in [5, 5.41) is 0. The molecule has 1 aromatic carbocycles. The summed E-state index contributed by atoms with van der Waals surface area (Å²) in [6.45, 7) is 4.38. The number of fused-ring (bicyclic) bond motifs is 1. The first kappa shape index (κ1) is 8.38. The Morgan fingerprint density at radius 2 is 1.62 bits per heavy atom. The van der Waals surface area contributed by atoms with Crippen molar-refractivity contribution in [1.29, 1.82) is 0 Å². The third-order valence-corrected chi connectivity index (χ3v) is 2.20. The fourth-order valence-electron chi connectivity index (χ4n) is 1.44. The zero-order chi connectivity index (χ0) is 9.42. The highest BCUT2D eigenvalue weighted by Crippen LogP contribution is 2.39. The van der Waals surface area contributed by atoms with Crippen molar-refractivity contribution in [2.24, 2.45) is 5.73 Å². The van der Waals surface area contributed by atoms with E-state index in [0.29, 0.717) is 6.54 Å². The Morgan fingerprint density at radius 1 is 1.15 bits per heavy atom. The molecule has 0 radical (unpaired) electrons. The van der Waals surface area contributed by atoms with Gasteiger partial charge in [0.1, 0.15) is 0 Å². The molecule has 0 unspecified atom stereocenters. The van der Waals surface area contributed by atoms with Crippen LogP contribution in [0.15, 0.2) is 12.1 Å². The fourth-order valence-corrected chi connectivity index (χ4v) is 1.44. The summed E-state index contributed by atoms with van der Waals surface area (Å²) in [7, 11) is 0. The van der Waals surface area contributed by atoms with E-state index in [1.54, 1.807) is 0 Å². The highest BCUT2D eigenvalue weighted by atomic mass is 16.7. The number of nitrogens with two attached hydrogens (primary N) is 1. The molecule has 1 heterocycles. The van der Waals surface area contributed by atoms with Gasteiger partial charge < -0.3 is 15.2 Å². The molecule has 0 saturated carbocycles. The van der Waals surface area contributed by atoms with Gasteiger partial charge in [-0.3, -0.25) is 0 Å². The molecule has 3 nitrogen and oxygen atoms in total. The van der Waals surface area contributed by atoms with Crippen LogP contribution in [0.3, 0.4) is 0 Å². The predicted molar refractivity (Wildman–Crippen MR) is 50.0 cm³/mol. The van der Waals surface area contributed by atoms with Gasteiger partial charge in [0.05, 0.1) is 6.54 Å². The van der Waals surface area contributed by atoms with Crippen LogP contribution in [-0.2, 0) is 0 Å². The zero-order valence-corrected chi connectivity index (χ0v) is 7.83. The van der Waals surface area contributed by atoms with E-state index in [-0.39, 0.29) is 6.29 Å². The summed E-state index contributed by atoms with van der Waals surface area (Å²) in [4.78, 5) is 0. The molecule has 1 aliphatic rings. The maximum absolute atomic E-state index is 5.52. The summed E-state index contributed by atoms with van der Waals surface area (Å²) in [5.74, 6) is 1.69. The van der Waals surface area contributed by atoms with E-state index in [4.69, 9.17) is 15.2 Å². The Bertz CT molecular complexity index is 305. The maximum Gasteiger partial charge on any atom is 0.253 e. The van der Waals surface area contributed by atoms with Crippen LogP contribution in [0.2, 0.25) is 0 Å². The molecule has 0 bridgehead atoms. The van der Waals surface area contributed by atoms with Gasteiger partial charge >= 0.3 is 0 Å². The van der Waals surface area contributed by atoms with Crippen LogP contribution in [0.4, 0.5) is 0 Å². The molecule has 0 atom stereocenters. The molecule has 2 rings (SSSR count). The third-order valence-electron chi connectivity index (χ3n) is 2.20. The molecule has 0 spiro atoms. The smallest absolute Gasteiger partial charge is 0.253 e. The number of hydrogen-bond acceptors (Lipinski definition) is 3. The van der Waals surface area contributed by atoms with Crippen molar-refractivity contribution < 1.29 is 9.47 Å². The topological polar surface area (TPSA) is 44.5 Å². The first-order chi connectivity index (χ1) is 6.22. The Kier molecular flexibility index (Phi) is 1.88. The lowest BCUT2D eigenvalue weighted by atomic mass is 10.1. The van der Waals surface area contributed by atoms with Crippen LogP contribution in [0, 0.1) is 13.8 Å². The standard InChI is InChI=1S/C10H13NO2/c1-6-3-4-7(2)10-9(6)12-8(5-11)13-10/h3-4,8H,5,11H2,1-2H3. The molecule has 0 aliphatic carbocycles. The largest absolute Gasteiger partial charge is 0.449 e. The van der Waals surface area contributed by atoms with E-state index in [0.717, 1.165) is 22.6 Å². The molecule has 13 heavy (non-hydrogen) atoms. The van der Waals surface area contributed by atoms with Crippen molar-refractivity contribution in [3.8, 4) is 11.5 Å². The first-order valence-electron chi connectivity index (χ1n) is 4.36. The molecule has 70 valence electrons. The van der Waals surface area contributed by atoms with Gasteiger partial charge in [0.25, 0.3) is 6.29 Å². The lowest BCUT2D eigenvalue weighted by Gasteiger charge is -2.05. The second kappa shape index (κ2) is 2.92. The SMILES string of the molecule is Cc1ccc(C)c2c1OC(CN)O2. The quantitative estimate of drug-likeness (QED) is 0.708. The summed E-state index contributed by atoms with van der Waals surface area (Å²) < 4.78 is 11.0. The van der Waals surface area contributed by atoms with Crippen LogP contribution in [0.1, 0.15) is 11.1 Å². The number of benzene rings is 1. The van der Waals surface area contributed by atoms with E-state index in [2.05, 4.69) is 0 Å². The molecule has 2 N–H and O–H groups in total. The van der Waals surface area contributed by atoms with Gasteiger partial charge in [-0.25, -0.2) is 0 Å². The monoisotopic (exact) mass is 179 g/mol. The summed E-state index contributed by atoms with van der Waals surface area (Å²) in [6.07, 6.45) is -0.310. The minimum atomic E-state index is -0.310. The lowest BCUT2D eigenvalue weighted by Crippen LogP contribution is -2.28. The number of hydrogen-bond donors (Lipinski definition) is 1. The Labute approximate surface area is 77.5 Å². The predicted octanol–water partition coefficient (Wildman–Crippen LogP) is 1.36. The Hall–Kier alpha value is -1.22. The number of ether oxygens (including phenoxy) is 2. The number of aryl methyl sites for hydroxylation is 2. The van der Waals surface area contributed by atoms with Crippen molar-refractivity contribution in [1.82, 2.24) is 0 Å². The van der Waals surface area contributed by atoms with Gasteiger partial charge in [0, 0.05) is 0 Å². The average molecular weight is 179 g/mol. The van der Waals surface area contributed by atoms with E-state index < -0.39 is 0 Å². The first-order valence-corrected chi connectivity index (χ1v) is 4.36. The highest BCUT2D eigenvalue weighted by molar-refractivity contribution is 5.52. The molecule has 0 aromatic heterocycles. The van der Waals surface area contributed by atoms with Crippen molar-refractivity contribution >= 4 is 0 Å². The molecule has 1 aromatic rings. The maximum atomic E-state index is 5.52. The zero-order valence-electron chi connectivity index (χ0n) is 7.83. The van der Waals surface area contributed by atoms with E-state index in [1.165, 1.54) is 0 Å². The van der Waals surface area contributed by atoms with Gasteiger partial charge in [-0.15, -0.1) is 0 Å². The molecule has 1 aliphatic heterocycles. The summed E-state index contributed by atoms with van der Waals surface area (Å²) >= 11 is 0. The van der Waals surface area contributed by atoms with Crippen molar-refractivity contribution in [2.45, 2.75) is 20.1 Å². The van der Waals surface area contributed by atoms with E-state index >= 15 is 0 Å². The molecular formula is C10H13NO2. The average Bonchev–Trinajstić information content (AvgIpc) is 2.56. The minimum Gasteiger partial charge on any atom is -0.449 e. The molecular weight excluding hydrogens is 166 g/mol. The molecule has 0 fully saturated rings. The minimum absolute atomic E-state index is 0.310. The van der Waals surface area contributed by atoms with E-state index in [1.807, 2.05) is 26.0 Å². The summed E-state index contributed by atoms with van der Waals surface area (Å²) in [5.41, 5.74) is 7.65. The Morgan fingerprint density at radius 3 is 2.00 bits per heavy atom. The van der Waals surface area contributed by atoms with Gasteiger partial charge in [0.15, 0.2) is 11.5 Å². The van der Waals surface area contributed by atoms with Gasteiger partial charge in [-0.1, -0.05) is 12.1 Å². The molecule has 0 amide bonds. The number of rotatable bonds is 1. The molecule has 0 saturated heterocycles. The van der Waals surface area contributed by atoms with Crippen molar-refractivity contribution in [3.63, 3.8) is 0 Å². The van der Waals surface area contributed by atoms with Crippen molar-refractivity contribution in [3.05, 3.63) is 23.3 Å². The second-order valence-electron chi connectivity index (χ2n) is 3.26. The van der Waals surface area contributed by atoms with Crippen molar-refractivity contribution in [2.75, 3.05) is 6.54 Å². The van der Waals surface area contributed by atoms with E-state index in [9.17, 15) is 0 Å². The van der Waals surface area contributed by atoms with Gasteiger partial charge in [0.2, 0.25) is 0 Å².